The number of esters is 1. The number of carbonyl (C=O) groups excluding carboxylic acids is 1. The predicted octanol–water partition coefficient (Wildman–Crippen LogP) is 16.1. The Morgan fingerprint density at radius 3 is 1.31 bits per heavy atom. The first-order valence-corrected chi connectivity index (χ1v) is 28.5. The van der Waals surface area contributed by atoms with Crippen LogP contribution in [-0.4, -0.2) is 60.5 Å². The third kappa shape index (κ3) is 51.1. The molecule has 0 aliphatic carbocycles. The molecule has 10 nitrogen and oxygen atoms in total. The third-order valence-corrected chi connectivity index (χ3v) is 12.4. The fourth-order valence-corrected chi connectivity index (χ4v) is 8.11. The summed E-state index contributed by atoms with van der Waals surface area (Å²) in [6, 6.07) is -1.48. The largest absolute Gasteiger partial charge is 0.480 e. The molecule has 0 aromatic heterocycles. The van der Waals surface area contributed by atoms with Crippen LogP contribution in [0.3, 0.4) is 0 Å². The third-order valence-electron chi connectivity index (χ3n) is 11.5. The maximum Gasteiger partial charge on any atom is 0.472 e. The maximum absolute atomic E-state index is 12.7. The van der Waals surface area contributed by atoms with Gasteiger partial charge in [0.1, 0.15) is 12.1 Å². The molecule has 67 heavy (non-hydrogen) atoms. The first-order valence-electron chi connectivity index (χ1n) is 27.0. The van der Waals surface area contributed by atoms with Crippen LogP contribution in [0.1, 0.15) is 232 Å². The van der Waals surface area contributed by atoms with Crippen LogP contribution < -0.4 is 5.73 Å². The van der Waals surface area contributed by atoms with Crippen molar-refractivity contribution in [3.8, 4) is 0 Å². The summed E-state index contributed by atoms with van der Waals surface area (Å²) >= 11 is 0. The molecule has 4 N–H and O–H groups in total. The van der Waals surface area contributed by atoms with Gasteiger partial charge in [-0.2, -0.15) is 0 Å². The topological polar surface area (TPSA) is 155 Å². The molecule has 3 unspecified atom stereocenters. The van der Waals surface area contributed by atoms with Crippen LogP contribution in [0.2, 0.25) is 0 Å². The number of aliphatic carboxylic acids is 1. The normalized spacial score (nSPS) is 14.2. The minimum Gasteiger partial charge on any atom is -0.480 e. The quantitative estimate of drug-likeness (QED) is 0.0232. The number of unbranched alkanes of at least 4 members (excludes halogenated alkanes) is 25. The van der Waals surface area contributed by atoms with E-state index in [9.17, 15) is 19.0 Å². The number of rotatable bonds is 51. The molecule has 11 heteroatoms. The van der Waals surface area contributed by atoms with E-state index in [1.165, 1.54) is 128 Å². The van der Waals surface area contributed by atoms with Gasteiger partial charge in [0.05, 0.1) is 19.8 Å². The molecule has 0 aliphatic heterocycles. The Kier molecular flexibility index (Phi) is 49.3. The highest BCUT2D eigenvalue weighted by atomic mass is 31.2. The Bertz CT molecular complexity index is 1340. The Morgan fingerprint density at radius 2 is 0.866 bits per heavy atom. The lowest BCUT2D eigenvalue weighted by atomic mass is 10.1. The average molecular weight is 962 g/mol. The molecule has 0 heterocycles. The smallest absolute Gasteiger partial charge is 0.472 e. The zero-order valence-electron chi connectivity index (χ0n) is 42.7. The summed E-state index contributed by atoms with van der Waals surface area (Å²) in [6.07, 6.45) is 65.3. The molecule has 0 spiro atoms. The van der Waals surface area contributed by atoms with Crippen LogP contribution in [0.15, 0.2) is 72.9 Å². The lowest BCUT2D eigenvalue weighted by Crippen LogP contribution is -2.34. The number of phosphoric ester groups is 1. The molecule has 0 radical (unpaired) electrons. The van der Waals surface area contributed by atoms with Gasteiger partial charge in [-0.05, 0) is 83.5 Å². The van der Waals surface area contributed by atoms with Crippen molar-refractivity contribution in [1.82, 2.24) is 0 Å². The van der Waals surface area contributed by atoms with Crippen LogP contribution in [-0.2, 0) is 32.7 Å². The standard InChI is InChI=1S/C56H100NO9P/c1-3-5-7-9-11-13-15-17-19-21-23-25-27-28-30-32-34-36-38-40-42-44-46-48-55(58)66-53(51-64-67(61,62)65-52-54(57)56(59)60)50-63-49-47-45-43-41-39-37-35-33-31-29-26-24-22-20-18-16-14-12-10-8-6-4-2/h5,7,11,13,17,19,22-25,28,30,53-54H,3-4,6,8-10,12,14-16,18,20-21,26-27,29,31-52,57H2,1-2H3,(H,59,60)(H,61,62)/b7-5-,13-11-,19-17-,24-22-,25-23-,30-28-. The van der Waals surface area contributed by atoms with Crippen LogP contribution in [0.5, 0.6) is 0 Å². The van der Waals surface area contributed by atoms with E-state index in [1.54, 1.807) is 0 Å². The average Bonchev–Trinajstić information content (AvgIpc) is 3.31. The summed E-state index contributed by atoms with van der Waals surface area (Å²) in [7, 11) is -4.63. The second kappa shape index (κ2) is 51.3. The summed E-state index contributed by atoms with van der Waals surface area (Å²) in [5.74, 6) is -1.79. The fourth-order valence-electron chi connectivity index (χ4n) is 7.33. The van der Waals surface area contributed by atoms with Crippen molar-refractivity contribution < 1.29 is 42.7 Å². The molecule has 0 bridgehead atoms. The highest BCUT2D eigenvalue weighted by molar-refractivity contribution is 7.47. The Hall–Kier alpha value is -2.59. The van der Waals surface area contributed by atoms with Crippen molar-refractivity contribution in [1.29, 1.82) is 0 Å². The van der Waals surface area contributed by atoms with E-state index in [1.807, 2.05) is 0 Å². The highest BCUT2D eigenvalue weighted by Crippen LogP contribution is 2.43. The molecule has 0 saturated carbocycles. The maximum atomic E-state index is 12.7. The number of carboxylic acids is 1. The summed E-state index contributed by atoms with van der Waals surface area (Å²) in [5, 5.41) is 8.94. The highest BCUT2D eigenvalue weighted by Gasteiger charge is 2.27. The van der Waals surface area contributed by atoms with E-state index < -0.39 is 45.1 Å². The van der Waals surface area contributed by atoms with Crippen molar-refractivity contribution in [2.75, 3.05) is 26.4 Å². The second-order valence-corrected chi connectivity index (χ2v) is 19.4. The van der Waals surface area contributed by atoms with Crippen LogP contribution >= 0.6 is 7.82 Å². The first kappa shape index (κ1) is 64.4. The molecule has 0 aromatic carbocycles. The first-order chi connectivity index (χ1) is 32.7. The molecule has 3 atom stereocenters. The van der Waals surface area contributed by atoms with E-state index in [-0.39, 0.29) is 13.0 Å². The van der Waals surface area contributed by atoms with Gasteiger partial charge >= 0.3 is 19.8 Å². The zero-order valence-corrected chi connectivity index (χ0v) is 43.6. The number of hydrogen-bond donors (Lipinski definition) is 3. The molecule has 0 aromatic rings. The van der Waals surface area contributed by atoms with Gasteiger partial charge in [-0.1, -0.05) is 215 Å². The molecular formula is C56H100NO9P. The van der Waals surface area contributed by atoms with E-state index in [2.05, 4.69) is 86.8 Å². The van der Waals surface area contributed by atoms with Gasteiger partial charge in [0, 0.05) is 13.0 Å². The van der Waals surface area contributed by atoms with Crippen molar-refractivity contribution in [3.63, 3.8) is 0 Å². The van der Waals surface area contributed by atoms with Crippen molar-refractivity contribution in [2.24, 2.45) is 5.73 Å². The minimum absolute atomic E-state index is 0.00898. The summed E-state index contributed by atoms with van der Waals surface area (Å²) in [5.41, 5.74) is 5.38. The predicted molar refractivity (Wildman–Crippen MR) is 281 cm³/mol. The number of allylic oxidation sites excluding steroid dienone is 12. The van der Waals surface area contributed by atoms with Crippen molar-refractivity contribution >= 4 is 19.8 Å². The molecule has 0 fully saturated rings. The molecule has 0 saturated heterocycles. The zero-order chi connectivity index (χ0) is 49.0. The Balaban J connectivity index is 4.15. The van der Waals surface area contributed by atoms with Crippen molar-refractivity contribution in [3.05, 3.63) is 72.9 Å². The number of carbonyl (C=O) groups is 2. The number of carboxylic acid groups (broad SMARTS) is 1. The molecular weight excluding hydrogens is 862 g/mol. The van der Waals surface area contributed by atoms with Crippen molar-refractivity contribution in [2.45, 2.75) is 244 Å². The van der Waals surface area contributed by atoms with E-state index >= 15 is 0 Å². The number of phosphoric acid groups is 1. The lowest BCUT2D eigenvalue weighted by Gasteiger charge is -2.20. The molecule has 0 rings (SSSR count). The van der Waals surface area contributed by atoms with E-state index in [0.717, 1.165) is 77.0 Å². The van der Waals surface area contributed by atoms with Gasteiger partial charge in [0.15, 0.2) is 0 Å². The van der Waals surface area contributed by atoms with Gasteiger partial charge in [0.2, 0.25) is 0 Å². The number of hydrogen-bond acceptors (Lipinski definition) is 8. The minimum atomic E-state index is -4.63. The Morgan fingerprint density at radius 1 is 0.493 bits per heavy atom. The van der Waals surface area contributed by atoms with Gasteiger partial charge in [-0.15, -0.1) is 0 Å². The monoisotopic (exact) mass is 962 g/mol. The number of nitrogens with two attached hydrogens (primary N) is 1. The summed E-state index contributed by atoms with van der Waals surface area (Å²) in [6.45, 7) is 3.77. The summed E-state index contributed by atoms with van der Waals surface area (Å²) in [4.78, 5) is 33.7. The van der Waals surface area contributed by atoms with Gasteiger partial charge in [-0.25, -0.2) is 4.57 Å². The Labute approximate surface area is 410 Å². The van der Waals surface area contributed by atoms with E-state index in [4.69, 9.17) is 29.4 Å². The SMILES string of the molecule is CC/C=C\C/C=C\C/C=C\C/C=C\C/C=C\CCCCCCCCCC(=O)OC(COCCCCCCCCCCCC/C=C\CCCCCCCCCC)COP(=O)(O)OCC(N)C(=O)O. The van der Waals surface area contributed by atoms with Gasteiger partial charge in [-0.3, -0.25) is 18.6 Å². The van der Waals surface area contributed by atoms with Crippen LogP contribution in [0.4, 0.5) is 0 Å². The van der Waals surface area contributed by atoms with Gasteiger partial charge in [0.25, 0.3) is 0 Å². The van der Waals surface area contributed by atoms with Crippen LogP contribution in [0, 0.1) is 0 Å². The molecule has 388 valence electrons. The lowest BCUT2D eigenvalue weighted by molar-refractivity contribution is -0.154. The molecule has 0 aliphatic rings. The van der Waals surface area contributed by atoms with Gasteiger partial charge < -0.3 is 25.2 Å². The molecule has 0 amide bonds. The fraction of sp³-hybridized carbons (Fsp3) is 0.750. The van der Waals surface area contributed by atoms with Crippen LogP contribution in [0.25, 0.3) is 0 Å². The summed E-state index contributed by atoms with van der Waals surface area (Å²) < 4.78 is 33.6. The second-order valence-electron chi connectivity index (χ2n) is 18.0. The van der Waals surface area contributed by atoms with E-state index in [0.29, 0.717) is 13.0 Å². The number of ether oxygens (including phenoxy) is 2.